The molecule has 2 aromatic heterocycles. The summed E-state index contributed by atoms with van der Waals surface area (Å²) in [6.45, 7) is 7.90. The molecule has 0 radical (unpaired) electrons. The standard InChI is InChI=1S/C13H18N4OS.C12H16FN3/c1-10-13(7-12(9-18)16(10)2)19-17-6-5-15-11(8-17)3-4-14;1-3-6-16-12-9(7-15-16)4-5-11(13)10(12)8-14-2/h3-4,7,9H,5-6,8,14H2,1-2H3;4-5,7,14H,3,6,8H2,1-2H3/b4-3-;. The molecular formula is C25H34FN7OS. The maximum absolute atomic E-state index is 13.7. The van der Waals surface area contributed by atoms with Gasteiger partial charge in [-0.15, -0.1) is 0 Å². The molecule has 0 spiro atoms. The topological polar surface area (TPSA) is 93.5 Å². The third-order valence-electron chi connectivity index (χ3n) is 5.81. The normalized spacial score (nSPS) is 14.3. The lowest BCUT2D eigenvalue weighted by molar-refractivity contribution is 0.111. The number of aldehydes is 1. The van der Waals surface area contributed by atoms with Crippen LogP contribution in [0.25, 0.3) is 10.9 Å². The van der Waals surface area contributed by atoms with Crippen molar-refractivity contribution in [3.8, 4) is 0 Å². The maximum Gasteiger partial charge on any atom is 0.166 e. The van der Waals surface area contributed by atoms with Crippen molar-refractivity contribution in [2.45, 2.75) is 38.3 Å². The molecule has 1 aromatic carbocycles. The fourth-order valence-electron chi connectivity index (χ4n) is 3.90. The van der Waals surface area contributed by atoms with Gasteiger partial charge in [-0.05, 0) is 62.8 Å². The van der Waals surface area contributed by atoms with Crippen LogP contribution in [0.5, 0.6) is 0 Å². The van der Waals surface area contributed by atoms with Crippen molar-refractivity contribution in [1.82, 2.24) is 24.0 Å². The van der Waals surface area contributed by atoms with Crippen LogP contribution in [0.2, 0.25) is 0 Å². The molecule has 0 fully saturated rings. The van der Waals surface area contributed by atoms with Crippen LogP contribution in [0.1, 0.15) is 35.1 Å². The van der Waals surface area contributed by atoms with Gasteiger partial charge in [0.05, 0.1) is 36.2 Å². The number of nitrogens with zero attached hydrogens (tertiary/aromatic N) is 5. The van der Waals surface area contributed by atoms with Crippen LogP contribution >= 0.6 is 11.9 Å². The van der Waals surface area contributed by atoms with Gasteiger partial charge >= 0.3 is 0 Å². The second-order valence-electron chi connectivity index (χ2n) is 8.24. The second-order valence-corrected chi connectivity index (χ2v) is 9.38. The van der Waals surface area contributed by atoms with E-state index in [9.17, 15) is 9.18 Å². The Labute approximate surface area is 210 Å². The molecular weight excluding hydrogens is 465 g/mol. The average molecular weight is 500 g/mol. The SMILES string of the molecule is CCCn1ncc2ccc(F)c(CNC)c21.Cc1c(SN2CCN=C(/C=C\N)C2)cc(C=O)n1C. The minimum Gasteiger partial charge on any atom is -0.405 e. The Bertz CT molecular complexity index is 1210. The quantitative estimate of drug-likeness (QED) is 0.363. The molecule has 8 nitrogen and oxygen atoms in total. The van der Waals surface area contributed by atoms with Crippen LogP contribution in [-0.2, 0) is 20.1 Å². The molecule has 1 aliphatic heterocycles. The minimum absolute atomic E-state index is 0.167. The molecule has 188 valence electrons. The number of halogens is 1. The number of hydrogen-bond donors (Lipinski definition) is 2. The lowest BCUT2D eigenvalue weighted by atomic mass is 10.1. The number of hydrogen-bond acceptors (Lipinski definition) is 7. The van der Waals surface area contributed by atoms with Crippen LogP contribution in [0.4, 0.5) is 4.39 Å². The molecule has 0 saturated carbocycles. The highest BCUT2D eigenvalue weighted by atomic mass is 32.2. The molecule has 0 atom stereocenters. The molecule has 3 N–H and O–H groups in total. The third kappa shape index (κ3) is 6.39. The van der Waals surface area contributed by atoms with Crippen LogP contribution < -0.4 is 11.1 Å². The summed E-state index contributed by atoms with van der Waals surface area (Å²) in [4.78, 5) is 16.5. The Kier molecular flexibility index (Phi) is 9.64. The van der Waals surface area contributed by atoms with E-state index in [4.69, 9.17) is 5.73 Å². The van der Waals surface area contributed by atoms with Crippen molar-refractivity contribution >= 4 is 34.8 Å². The predicted octanol–water partition coefficient (Wildman–Crippen LogP) is 3.69. The first-order valence-corrected chi connectivity index (χ1v) is 12.4. The Morgan fingerprint density at radius 3 is 2.80 bits per heavy atom. The molecule has 0 aliphatic carbocycles. The molecule has 0 saturated heterocycles. The number of benzene rings is 1. The molecule has 3 aromatic rings. The largest absolute Gasteiger partial charge is 0.405 e. The number of nitrogens with one attached hydrogen (secondary N) is 1. The summed E-state index contributed by atoms with van der Waals surface area (Å²) in [7, 11) is 3.72. The van der Waals surface area contributed by atoms with Gasteiger partial charge in [-0.1, -0.05) is 6.92 Å². The van der Waals surface area contributed by atoms with E-state index in [0.29, 0.717) is 17.8 Å². The monoisotopic (exact) mass is 499 g/mol. The van der Waals surface area contributed by atoms with Crippen molar-refractivity contribution in [3.05, 3.63) is 59.4 Å². The molecule has 1 aliphatic rings. The lowest BCUT2D eigenvalue weighted by Gasteiger charge is -2.24. The summed E-state index contributed by atoms with van der Waals surface area (Å²) in [5.41, 5.74) is 9.80. The van der Waals surface area contributed by atoms with Gasteiger partial charge in [0.2, 0.25) is 0 Å². The van der Waals surface area contributed by atoms with Crippen LogP contribution in [-0.4, -0.2) is 57.3 Å². The Hall–Kier alpha value is -2.95. The lowest BCUT2D eigenvalue weighted by Crippen LogP contribution is -2.30. The summed E-state index contributed by atoms with van der Waals surface area (Å²) in [6.07, 6.45) is 7.03. The van der Waals surface area contributed by atoms with Gasteiger partial charge in [0.25, 0.3) is 0 Å². The highest BCUT2D eigenvalue weighted by Gasteiger charge is 2.17. The van der Waals surface area contributed by atoms with Crippen molar-refractivity contribution in [1.29, 1.82) is 0 Å². The van der Waals surface area contributed by atoms with Gasteiger partial charge in [-0.2, -0.15) is 5.10 Å². The number of carbonyl (C=O) groups excluding carboxylic acids is 1. The number of aryl methyl sites for hydroxylation is 1. The van der Waals surface area contributed by atoms with Gasteiger partial charge < -0.3 is 15.6 Å². The first-order valence-electron chi connectivity index (χ1n) is 11.7. The number of rotatable bonds is 8. The molecule has 4 rings (SSSR count). The van der Waals surface area contributed by atoms with Crippen molar-refractivity contribution in [2.24, 2.45) is 17.8 Å². The van der Waals surface area contributed by atoms with Gasteiger partial charge in [-0.25, -0.2) is 8.70 Å². The summed E-state index contributed by atoms with van der Waals surface area (Å²) >= 11 is 1.67. The summed E-state index contributed by atoms with van der Waals surface area (Å²) < 4.78 is 19.7. The van der Waals surface area contributed by atoms with E-state index in [-0.39, 0.29) is 5.82 Å². The molecule has 3 heterocycles. The number of aliphatic imine (C=N–C) groups is 1. The van der Waals surface area contributed by atoms with Crippen molar-refractivity contribution in [3.63, 3.8) is 0 Å². The van der Waals surface area contributed by atoms with E-state index in [0.717, 1.165) is 66.1 Å². The number of carbonyl (C=O) groups is 1. The maximum atomic E-state index is 13.7. The Morgan fingerprint density at radius 2 is 2.14 bits per heavy atom. The van der Waals surface area contributed by atoms with Gasteiger partial charge in [0.1, 0.15) is 5.82 Å². The fraction of sp³-hybridized carbons (Fsp3) is 0.400. The molecule has 0 bridgehead atoms. The minimum atomic E-state index is -0.167. The van der Waals surface area contributed by atoms with Gasteiger partial charge in [-0.3, -0.25) is 14.5 Å². The average Bonchev–Trinajstić information content (AvgIpc) is 3.38. The molecule has 0 amide bonds. The first kappa shape index (κ1) is 26.7. The van der Waals surface area contributed by atoms with Crippen LogP contribution in [0.3, 0.4) is 0 Å². The second kappa shape index (κ2) is 12.7. The Morgan fingerprint density at radius 1 is 1.34 bits per heavy atom. The first-order chi connectivity index (χ1) is 16.9. The van der Waals surface area contributed by atoms with E-state index >= 15 is 0 Å². The fourth-order valence-corrected chi connectivity index (χ4v) is 4.99. The van der Waals surface area contributed by atoms with E-state index in [1.807, 2.05) is 42.4 Å². The third-order valence-corrected chi connectivity index (χ3v) is 6.99. The van der Waals surface area contributed by atoms with Gasteiger partial charge in [0.15, 0.2) is 6.29 Å². The highest BCUT2D eigenvalue weighted by Crippen LogP contribution is 2.29. The summed E-state index contributed by atoms with van der Waals surface area (Å²) in [5.74, 6) is -0.167. The van der Waals surface area contributed by atoms with E-state index in [1.165, 1.54) is 12.3 Å². The zero-order valence-electron chi connectivity index (χ0n) is 20.8. The van der Waals surface area contributed by atoms with Crippen molar-refractivity contribution < 1.29 is 9.18 Å². The smallest absolute Gasteiger partial charge is 0.166 e. The predicted molar refractivity (Wildman–Crippen MR) is 141 cm³/mol. The summed E-state index contributed by atoms with van der Waals surface area (Å²) in [5, 5.41) is 8.29. The van der Waals surface area contributed by atoms with E-state index in [2.05, 4.69) is 26.6 Å². The van der Waals surface area contributed by atoms with E-state index in [1.54, 1.807) is 24.2 Å². The number of nitrogens with two attached hydrogens (primary N) is 1. The molecule has 35 heavy (non-hydrogen) atoms. The van der Waals surface area contributed by atoms with Crippen LogP contribution in [0.15, 0.2) is 46.6 Å². The zero-order valence-corrected chi connectivity index (χ0v) is 21.6. The van der Waals surface area contributed by atoms with Gasteiger partial charge in [0, 0.05) is 48.2 Å². The summed E-state index contributed by atoms with van der Waals surface area (Å²) in [6, 6.07) is 5.22. The van der Waals surface area contributed by atoms with Crippen molar-refractivity contribution in [2.75, 3.05) is 26.7 Å². The highest BCUT2D eigenvalue weighted by molar-refractivity contribution is 7.97. The number of fused-ring (bicyclic) bond motifs is 1. The van der Waals surface area contributed by atoms with E-state index < -0.39 is 0 Å². The Balaban J connectivity index is 0.000000198. The zero-order chi connectivity index (χ0) is 25.4. The molecule has 0 unspecified atom stereocenters. The van der Waals surface area contributed by atoms with Crippen LogP contribution in [0, 0.1) is 12.7 Å². The molecule has 10 heteroatoms. The number of aromatic nitrogens is 3.